The van der Waals surface area contributed by atoms with E-state index in [1.54, 1.807) is 17.2 Å². The molecule has 0 saturated carbocycles. The van der Waals surface area contributed by atoms with E-state index in [-0.39, 0.29) is 11.8 Å². The summed E-state index contributed by atoms with van der Waals surface area (Å²) in [5.41, 5.74) is 0. The highest BCUT2D eigenvalue weighted by atomic mass is 32.1. The van der Waals surface area contributed by atoms with Crippen LogP contribution < -0.4 is 0 Å². The van der Waals surface area contributed by atoms with Gasteiger partial charge in [-0.1, -0.05) is 6.08 Å². The minimum absolute atomic E-state index is 0.00137. The van der Waals surface area contributed by atoms with Crippen molar-refractivity contribution >= 4 is 35.3 Å². The Labute approximate surface area is 136 Å². The predicted molar refractivity (Wildman–Crippen MR) is 91.4 cm³/mol. The maximum atomic E-state index is 12.5. The zero-order valence-electron chi connectivity index (χ0n) is 12.8. The third kappa shape index (κ3) is 3.31. The first kappa shape index (κ1) is 15.5. The van der Waals surface area contributed by atoms with Crippen molar-refractivity contribution in [1.82, 2.24) is 14.7 Å². The number of rotatable bonds is 4. The van der Waals surface area contributed by atoms with Crippen molar-refractivity contribution in [3.8, 4) is 0 Å². The number of piperazine rings is 1. The van der Waals surface area contributed by atoms with E-state index < -0.39 is 0 Å². The Kier molecular flexibility index (Phi) is 4.75. The lowest BCUT2D eigenvalue weighted by Gasteiger charge is -2.33. The second-order valence-corrected chi connectivity index (χ2v) is 6.25. The van der Waals surface area contributed by atoms with Gasteiger partial charge in [0.05, 0.1) is 0 Å². The molecule has 0 aromatic carbocycles. The molecule has 1 unspecified atom stereocenters. The number of fused-ring (bicyclic) bond motifs is 1. The first-order valence-corrected chi connectivity index (χ1v) is 8.11. The number of amidine groups is 1. The lowest BCUT2D eigenvalue weighted by molar-refractivity contribution is -0.128. The summed E-state index contributed by atoms with van der Waals surface area (Å²) >= 11 is 5.26. The molecule has 118 valence electrons. The molecule has 3 rings (SSSR count). The average molecular weight is 319 g/mol. The van der Waals surface area contributed by atoms with Gasteiger partial charge in [-0.3, -0.25) is 9.69 Å². The number of hydrogen-bond acceptors (Lipinski definition) is 5. The molecule has 1 amide bonds. The van der Waals surface area contributed by atoms with Crippen molar-refractivity contribution in [2.45, 2.75) is 6.42 Å². The summed E-state index contributed by atoms with van der Waals surface area (Å²) in [6.45, 7) is 6.04. The number of likely N-dealkylation sites (N-methyl/N-ethyl adjacent to an activating group) is 1. The number of nitrogens with zero attached hydrogens (tertiary/aromatic N) is 5. The molecule has 1 fully saturated rings. The van der Waals surface area contributed by atoms with Crippen LogP contribution in [0.15, 0.2) is 22.1 Å². The van der Waals surface area contributed by atoms with Crippen molar-refractivity contribution < 1.29 is 4.79 Å². The lowest BCUT2D eigenvalue weighted by Crippen LogP contribution is -2.48. The van der Waals surface area contributed by atoms with Gasteiger partial charge in [0.25, 0.3) is 0 Å². The van der Waals surface area contributed by atoms with Crippen molar-refractivity contribution in [2.75, 3.05) is 46.3 Å². The molecule has 1 atom stereocenters. The zero-order valence-corrected chi connectivity index (χ0v) is 13.6. The lowest BCUT2D eigenvalue weighted by atomic mass is 10.0. The van der Waals surface area contributed by atoms with Crippen LogP contribution >= 0.6 is 12.2 Å². The summed E-state index contributed by atoms with van der Waals surface area (Å²) in [5, 5.41) is 0.349. The molecule has 6 nitrogen and oxygen atoms in total. The molecule has 7 heteroatoms. The van der Waals surface area contributed by atoms with Crippen molar-refractivity contribution in [3.63, 3.8) is 0 Å². The summed E-state index contributed by atoms with van der Waals surface area (Å²) in [5.74, 6) is 0.162. The Hall–Kier alpha value is -1.44. The molecule has 0 aromatic rings. The van der Waals surface area contributed by atoms with Gasteiger partial charge < -0.3 is 9.80 Å². The number of amides is 1. The fraction of sp³-hybridized carbons (Fsp3) is 0.600. The van der Waals surface area contributed by atoms with Crippen molar-refractivity contribution in [3.05, 3.63) is 12.2 Å². The van der Waals surface area contributed by atoms with Gasteiger partial charge >= 0.3 is 0 Å². The second-order valence-electron chi connectivity index (χ2n) is 5.88. The topological polar surface area (TPSA) is 51.5 Å². The third-order valence-electron chi connectivity index (χ3n) is 4.30. The minimum atomic E-state index is -0.361. The van der Waals surface area contributed by atoms with Crippen LogP contribution in [0.2, 0.25) is 0 Å². The monoisotopic (exact) mass is 319 g/mol. The molecule has 0 aliphatic carbocycles. The summed E-state index contributed by atoms with van der Waals surface area (Å²) in [7, 11) is 2.15. The number of hydrogen-bond donors (Lipinski definition) is 0. The minimum Gasteiger partial charge on any atom is -0.304 e. The number of carbonyl (C=O) groups excluding carboxylic acids is 1. The van der Waals surface area contributed by atoms with Gasteiger partial charge in [-0.15, -0.1) is 0 Å². The van der Waals surface area contributed by atoms with Gasteiger partial charge in [0.1, 0.15) is 11.8 Å². The van der Waals surface area contributed by atoms with Crippen LogP contribution in [0.5, 0.6) is 0 Å². The maximum Gasteiger partial charge on any atom is 0.243 e. The average Bonchev–Trinajstić information content (AvgIpc) is 2.52. The molecule has 1 saturated heterocycles. The Morgan fingerprint density at radius 2 is 2.05 bits per heavy atom. The molecule has 22 heavy (non-hydrogen) atoms. The van der Waals surface area contributed by atoms with Gasteiger partial charge in [-0.05, 0) is 38.3 Å². The molecule has 0 bridgehead atoms. The smallest absolute Gasteiger partial charge is 0.243 e. The zero-order chi connectivity index (χ0) is 15.5. The first-order valence-electron chi connectivity index (χ1n) is 7.71. The van der Waals surface area contributed by atoms with E-state index in [9.17, 15) is 4.79 Å². The Balaban J connectivity index is 1.53. The maximum absolute atomic E-state index is 12.5. The van der Waals surface area contributed by atoms with Crippen LogP contribution in [0.25, 0.3) is 0 Å². The van der Waals surface area contributed by atoms with E-state index in [4.69, 9.17) is 12.2 Å². The van der Waals surface area contributed by atoms with Crippen LogP contribution in [-0.2, 0) is 4.79 Å². The molecular formula is C15H21N5OS. The van der Waals surface area contributed by atoms with Crippen LogP contribution in [0.3, 0.4) is 0 Å². The van der Waals surface area contributed by atoms with Gasteiger partial charge in [0.2, 0.25) is 11.0 Å². The largest absolute Gasteiger partial charge is 0.304 e. The van der Waals surface area contributed by atoms with E-state index in [2.05, 4.69) is 26.8 Å². The number of allylic oxidation sites excluding steroid dienone is 1. The molecule has 3 aliphatic rings. The number of aliphatic imine (C=N–C) groups is 2. The van der Waals surface area contributed by atoms with E-state index in [0.29, 0.717) is 17.5 Å². The Morgan fingerprint density at radius 3 is 2.82 bits per heavy atom. The standard InChI is InChI=1S/C15H21N5OS/c1-18-8-10-19(11-9-18)6-3-7-20-14(21)12-4-2-5-16-13(12)17-15(20)22/h2,4-5,12H,3,6-11H2,1H3. The van der Waals surface area contributed by atoms with Crippen molar-refractivity contribution in [2.24, 2.45) is 15.9 Å². The van der Waals surface area contributed by atoms with Crippen LogP contribution in [0.1, 0.15) is 6.42 Å². The molecular weight excluding hydrogens is 298 g/mol. The number of carbonyl (C=O) groups is 1. The molecule has 0 N–H and O–H groups in total. The Bertz CT molecular complexity index is 548. The quantitative estimate of drug-likeness (QED) is 0.704. The van der Waals surface area contributed by atoms with E-state index >= 15 is 0 Å². The summed E-state index contributed by atoms with van der Waals surface area (Å²) in [4.78, 5) is 27.4. The summed E-state index contributed by atoms with van der Waals surface area (Å²) < 4.78 is 0. The van der Waals surface area contributed by atoms with Crippen LogP contribution in [0.4, 0.5) is 0 Å². The first-order chi connectivity index (χ1) is 10.6. The summed E-state index contributed by atoms with van der Waals surface area (Å²) in [6.07, 6.45) is 6.19. The highest BCUT2D eigenvalue weighted by molar-refractivity contribution is 7.80. The van der Waals surface area contributed by atoms with E-state index in [1.807, 2.05) is 6.08 Å². The highest BCUT2D eigenvalue weighted by Gasteiger charge is 2.34. The van der Waals surface area contributed by atoms with Crippen LogP contribution in [0, 0.1) is 5.92 Å². The highest BCUT2D eigenvalue weighted by Crippen LogP contribution is 2.19. The number of thiocarbonyl (C=S) groups is 1. The van der Waals surface area contributed by atoms with Gasteiger partial charge in [0, 0.05) is 38.9 Å². The van der Waals surface area contributed by atoms with E-state index in [0.717, 1.165) is 39.1 Å². The fourth-order valence-corrected chi connectivity index (χ4v) is 3.16. The third-order valence-corrected chi connectivity index (χ3v) is 4.61. The van der Waals surface area contributed by atoms with Crippen molar-refractivity contribution in [1.29, 1.82) is 0 Å². The Morgan fingerprint density at radius 1 is 1.27 bits per heavy atom. The van der Waals surface area contributed by atoms with Gasteiger partial charge in [0.15, 0.2) is 0 Å². The van der Waals surface area contributed by atoms with Crippen LogP contribution in [-0.4, -0.2) is 84.1 Å². The normalized spacial score (nSPS) is 26.3. The molecule has 0 aromatic heterocycles. The molecule has 0 spiro atoms. The SMILES string of the molecule is CN1CCN(CCCN2C(=O)C3C=CC=NC3=NC2=S)CC1. The predicted octanol–water partition coefficient (Wildman–Crippen LogP) is 0.406. The van der Waals surface area contributed by atoms with Gasteiger partial charge in [-0.25, -0.2) is 9.98 Å². The fourth-order valence-electron chi connectivity index (χ4n) is 2.89. The summed E-state index contributed by atoms with van der Waals surface area (Å²) in [6, 6.07) is 0. The molecule has 3 aliphatic heterocycles. The molecule has 3 heterocycles. The molecule has 0 radical (unpaired) electrons. The second kappa shape index (κ2) is 6.76. The number of dihydropyridines is 1. The van der Waals surface area contributed by atoms with E-state index in [1.165, 1.54) is 0 Å². The van der Waals surface area contributed by atoms with Gasteiger partial charge in [-0.2, -0.15) is 0 Å².